The molecule has 40 heavy (non-hydrogen) atoms. The van der Waals surface area contributed by atoms with Crippen LogP contribution in [0.3, 0.4) is 0 Å². The Hall–Kier alpha value is -4.72. The van der Waals surface area contributed by atoms with E-state index in [-0.39, 0.29) is 17.8 Å². The molecule has 0 spiro atoms. The molecule has 0 aliphatic carbocycles. The summed E-state index contributed by atoms with van der Waals surface area (Å²) in [6, 6.07) is 24.8. The summed E-state index contributed by atoms with van der Waals surface area (Å²) < 4.78 is 6.13. The monoisotopic (exact) mass is 529 g/mol. The van der Waals surface area contributed by atoms with Crippen LogP contribution in [0.15, 0.2) is 77.2 Å². The van der Waals surface area contributed by atoms with E-state index in [1.54, 1.807) is 12.1 Å². The molecule has 7 heteroatoms. The number of nitrogens with zero attached hydrogens (tertiary/aromatic N) is 4. The molecule has 1 aliphatic rings. The first kappa shape index (κ1) is 26.9. The molecule has 1 unspecified atom stereocenters. The number of aromatic nitrogens is 2. The average Bonchev–Trinajstić information content (AvgIpc) is 3.67. The fourth-order valence-electron chi connectivity index (χ4n) is 5.07. The third-order valence-corrected chi connectivity index (χ3v) is 7.07. The summed E-state index contributed by atoms with van der Waals surface area (Å²) >= 11 is 0. The highest BCUT2D eigenvalue weighted by molar-refractivity contribution is 5.97. The largest absolute Gasteiger partial charge is 0.419 e. The van der Waals surface area contributed by atoms with Crippen LogP contribution >= 0.6 is 0 Å². The molecule has 3 aromatic carbocycles. The number of hydrogen-bond acceptors (Lipinski definition) is 6. The SMILES string of the molecule is CCC#CC1CCCN1C(=O)c1cc(-c2nnc([C@](C)(N)Cc3ccccc3)o2)cc(-c2ccccc2C#N)c1. The van der Waals surface area contributed by atoms with Crippen LogP contribution < -0.4 is 5.73 Å². The van der Waals surface area contributed by atoms with Crippen LogP contribution in [0.25, 0.3) is 22.6 Å². The van der Waals surface area contributed by atoms with Gasteiger partial charge in [0, 0.05) is 24.1 Å². The first-order valence-electron chi connectivity index (χ1n) is 13.5. The lowest BCUT2D eigenvalue weighted by Gasteiger charge is -2.21. The zero-order valence-electron chi connectivity index (χ0n) is 22.7. The van der Waals surface area contributed by atoms with E-state index < -0.39 is 5.54 Å². The average molecular weight is 530 g/mol. The number of benzene rings is 3. The van der Waals surface area contributed by atoms with Crippen LogP contribution in [0, 0.1) is 23.2 Å². The van der Waals surface area contributed by atoms with Crippen LogP contribution in [0.5, 0.6) is 0 Å². The van der Waals surface area contributed by atoms with E-state index in [0.717, 1.165) is 30.4 Å². The second-order valence-electron chi connectivity index (χ2n) is 10.3. The minimum absolute atomic E-state index is 0.113. The Morgan fingerprint density at radius 3 is 2.62 bits per heavy atom. The van der Waals surface area contributed by atoms with Gasteiger partial charge in [-0.25, -0.2) is 0 Å². The number of carbonyl (C=O) groups excluding carboxylic acids is 1. The standard InChI is InChI=1S/C33H31N5O2/c1-3-4-14-28-15-10-17-38(28)31(39)27-19-25(29-16-9-8-13-24(29)22-34)18-26(20-27)30-36-37-32(40-30)33(2,35)21-23-11-6-5-7-12-23/h5-9,11-13,16,18-20,28H,3,10,15,17,21,35H2,1-2H3/t28?,33-/m1/s1. The summed E-state index contributed by atoms with van der Waals surface area (Å²) in [6.45, 7) is 4.50. The molecule has 1 amide bonds. The Kier molecular flexibility index (Phi) is 7.77. The first-order valence-corrected chi connectivity index (χ1v) is 13.5. The third kappa shape index (κ3) is 5.66. The van der Waals surface area contributed by atoms with Crippen LogP contribution in [-0.4, -0.2) is 33.6 Å². The van der Waals surface area contributed by atoms with Crippen molar-refractivity contribution >= 4 is 5.91 Å². The topological polar surface area (TPSA) is 109 Å². The minimum atomic E-state index is -0.892. The quantitative estimate of drug-likeness (QED) is 0.321. The summed E-state index contributed by atoms with van der Waals surface area (Å²) in [6.07, 6.45) is 3.02. The molecule has 200 valence electrons. The molecule has 0 radical (unpaired) electrons. The predicted octanol–water partition coefficient (Wildman–Crippen LogP) is 5.71. The molecule has 0 bridgehead atoms. The molecular weight excluding hydrogens is 498 g/mol. The highest BCUT2D eigenvalue weighted by atomic mass is 16.4. The van der Waals surface area contributed by atoms with Crippen LogP contribution in [0.1, 0.15) is 60.5 Å². The van der Waals surface area contributed by atoms with Gasteiger partial charge in [0.1, 0.15) is 0 Å². The van der Waals surface area contributed by atoms with Gasteiger partial charge in [0.2, 0.25) is 11.8 Å². The second kappa shape index (κ2) is 11.6. The number of nitrogens with two attached hydrogens (primary N) is 1. The van der Waals surface area contributed by atoms with Crippen molar-refractivity contribution in [3.05, 3.63) is 95.4 Å². The zero-order chi connectivity index (χ0) is 28.1. The Labute approximate surface area is 234 Å². The van der Waals surface area contributed by atoms with Crippen molar-refractivity contribution in [2.45, 2.75) is 51.1 Å². The van der Waals surface area contributed by atoms with E-state index in [1.165, 1.54) is 0 Å². The maximum atomic E-state index is 13.8. The molecule has 7 nitrogen and oxygen atoms in total. The van der Waals surface area contributed by atoms with Crippen molar-refractivity contribution in [2.75, 3.05) is 6.54 Å². The molecule has 2 heterocycles. The van der Waals surface area contributed by atoms with E-state index in [4.69, 9.17) is 10.2 Å². The van der Waals surface area contributed by atoms with Gasteiger partial charge >= 0.3 is 0 Å². The Balaban J connectivity index is 1.56. The van der Waals surface area contributed by atoms with E-state index in [2.05, 4.69) is 28.1 Å². The number of likely N-dealkylation sites (tertiary alicyclic amines) is 1. The Morgan fingerprint density at radius 2 is 1.85 bits per heavy atom. The van der Waals surface area contributed by atoms with Gasteiger partial charge in [-0.2, -0.15) is 5.26 Å². The van der Waals surface area contributed by atoms with Crippen molar-refractivity contribution in [2.24, 2.45) is 5.73 Å². The zero-order valence-corrected chi connectivity index (χ0v) is 22.7. The van der Waals surface area contributed by atoms with Crippen LogP contribution in [-0.2, 0) is 12.0 Å². The highest BCUT2D eigenvalue weighted by Crippen LogP contribution is 2.32. The summed E-state index contributed by atoms with van der Waals surface area (Å²) in [5, 5.41) is 18.4. The second-order valence-corrected chi connectivity index (χ2v) is 10.3. The van der Waals surface area contributed by atoms with Gasteiger partial charge in [-0.3, -0.25) is 4.79 Å². The summed E-state index contributed by atoms with van der Waals surface area (Å²) in [7, 11) is 0. The Bertz CT molecular complexity index is 1620. The van der Waals surface area contributed by atoms with Crippen molar-refractivity contribution in [3.63, 3.8) is 0 Å². The molecule has 1 aromatic heterocycles. The maximum Gasteiger partial charge on any atom is 0.254 e. The van der Waals surface area contributed by atoms with Crippen molar-refractivity contribution in [3.8, 4) is 40.5 Å². The Morgan fingerprint density at radius 1 is 1.10 bits per heavy atom. The van der Waals surface area contributed by atoms with Crippen LogP contribution in [0.4, 0.5) is 0 Å². The van der Waals surface area contributed by atoms with Crippen molar-refractivity contribution in [1.82, 2.24) is 15.1 Å². The molecule has 5 rings (SSSR count). The third-order valence-electron chi connectivity index (χ3n) is 7.07. The number of nitriles is 1. The van der Waals surface area contributed by atoms with Crippen LogP contribution in [0.2, 0.25) is 0 Å². The minimum Gasteiger partial charge on any atom is -0.419 e. The van der Waals surface area contributed by atoms with E-state index in [0.29, 0.717) is 41.1 Å². The number of amides is 1. The summed E-state index contributed by atoms with van der Waals surface area (Å²) in [4.78, 5) is 15.6. The molecule has 2 atom stereocenters. The fourth-order valence-corrected chi connectivity index (χ4v) is 5.07. The molecule has 0 saturated carbocycles. The molecular formula is C33H31N5O2. The lowest BCUT2D eigenvalue weighted by molar-refractivity contribution is 0.0766. The van der Waals surface area contributed by atoms with Gasteiger partial charge < -0.3 is 15.1 Å². The lowest BCUT2D eigenvalue weighted by atomic mass is 9.94. The smallest absolute Gasteiger partial charge is 0.254 e. The number of rotatable bonds is 6. The van der Waals surface area contributed by atoms with Gasteiger partial charge in [-0.05, 0) is 67.1 Å². The highest BCUT2D eigenvalue weighted by Gasteiger charge is 2.31. The normalized spacial score (nSPS) is 16.1. The summed E-state index contributed by atoms with van der Waals surface area (Å²) in [5.41, 5.74) is 9.80. The maximum absolute atomic E-state index is 13.8. The van der Waals surface area contributed by atoms with Crippen molar-refractivity contribution in [1.29, 1.82) is 5.26 Å². The van der Waals surface area contributed by atoms with E-state index in [1.807, 2.05) is 79.4 Å². The first-order chi connectivity index (χ1) is 19.4. The van der Waals surface area contributed by atoms with Crippen molar-refractivity contribution < 1.29 is 9.21 Å². The molecule has 1 fully saturated rings. The van der Waals surface area contributed by atoms with E-state index >= 15 is 0 Å². The number of carbonyl (C=O) groups is 1. The number of hydrogen-bond donors (Lipinski definition) is 1. The van der Waals surface area contributed by atoms with Gasteiger partial charge in [0.25, 0.3) is 5.91 Å². The van der Waals surface area contributed by atoms with Gasteiger partial charge in [0.05, 0.1) is 23.2 Å². The molecule has 4 aromatic rings. The van der Waals surface area contributed by atoms with Gasteiger partial charge in [-0.1, -0.05) is 61.4 Å². The fraction of sp³-hybridized carbons (Fsp3) is 0.273. The predicted molar refractivity (Wildman–Crippen MR) is 154 cm³/mol. The summed E-state index contributed by atoms with van der Waals surface area (Å²) in [5.74, 6) is 6.81. The molecule has 1 aliphatic heterocycles. The van der Waals surface area contributed by atoms with Gasteiger partial charge in [-0.15, -0.1) is 16.1 Å². The van der Waals surface area contributed by atoms with Gasteiger partial charge in [0.15, 0.2) is 0 Å². The molecule has 1 saturated heterocycles. The molecule has 2 N–H and O–H groups in total. The van der Waals surface area contributed by atoms with E-state index in [9.17, 15) is 10.1 Å². The lowest BCUT2D eigenvalue weighted by Crippen LogP contribution is -2.35.